The first-order valence-corrected chi connectivity index (χ1v) is 5.73. The van der Waals surface area contributed by atoms with Crippen LogP contribution < -0.4 is 0 Å². The molecule has 1 aliphatic heterocycles. The van der Waals surface area contributed by atoms with Crippen LogP contribution in [0.2, 0.25) is 0 Å². The fraction of sp³-hybridized carbons (Fsp3) is 0.231. The van der Waals surface area contributed by atoms with E-state index in [1.54, 1.807) is 0 Å². The Labute approximate surface area is 112 Å². The van der Waals surface area contributed by atoms with Crippen LogP contribution in [0, 0.1) is 0 Å². The number of carboxylic acid groups (broad SMARTS) is 1. The topological polar surface area (TPSA) is 124 Å². The standard InChI is InChI=1S/C13H10O7/c14-5-8-9(11(16)17)12(18)10(15)6-3-1-2-4-7(6)13(12,19)20-8/h1-4,14,18-19H,5H2,(H,16,17). The first-order chi connectivity index (χ1) is 9.38. The number of carboxylic acids is 1. The van der Waals surface area contributed by atoms with E-state index in [2.05, 4.69) is 0 Å². The van der Waals surface area contributed by atoms with Crippen LogP contribution in [0.4, 0.5) is 0 Å². The highest BCUT2D eigenvalue weighted by Gasteiger charge is 2.72. The molecule has 0 amide bonds. The van der Waals surface area contributed by atoms with Gasteiger partial charge in [0, 0.05) is 11.1 Å². The Kier molecular flexibility index (Phi) is 2.34. The Balaban J connectivity index is 2.32. The molecule has 1 heterocycles. The Morgan fingerprint density at radius 3 is 2.50 bits per heavy atom. The smallest absolute Gasteiger partial charge is 0.338 e. The predicted molar refractivity (Wildman–Crippen MR) is 62.5 cm³/mol. The number of aliphatic hydroxyl groups is 3. The van der Waals surface area contributed by atoms with Gasteiger partial charge in [-0.15, -0.1) is 0 Å². The van der Waals surface area contributed by atoms with E-state index in [-0.39, 0.29) is 11.1 Å². The lowest BCUT2D eigenvalue weighted by molar-refractivity contribution is -0.238. The summed E-state index contributed by atoms with van der Waals surface area (Å²) in [7, 11) is 0. The van der Waals surface area contributed by atoms with E-state index in [0.29, 0.717) is 0 Å². The summed E-state index contributed by atoms with van der Waals surface area (Å²) in [5, 5.41) is 39.4. The summed E-state index contributed by atoms with van der Waals surface area (Å²) in [5.74, 6) is -5.69. The van der Waals surface area contributed by atoms with Gasteiger partial charge in [-0.25, -0.2) is 4.79 Å². The van der Waals surface area contributed by atoms with Crippen LogP contribution in [0.15, 0.2) is 35.6 Å². The van der Waals surface area contributed by atoms with E-state index in [1.165, 1.54) is 24.3 Å². The van der Waals surface area contributed by atoms with E-state index in [0.717, 1.165) is 0 Å². The minimum atomic E-state index is -2.76. The number of rotatable bonds is 2. The third kappa shape index (κ3) is 1.15. The molecule has 1 aromatic carbocycles. The molecule has 4 N–H and O–H groups in total. The lowest BCUT2D eigenvalue weighted by Gasteiger charge is -2.29. The summed E-state index contributed by atoms with van der Waals surface area (Å²) >= 11 is 0. The molecule has 20 heavy (non-hydrogen) atoms. The number of hydrogen-bond acceptors (Lipinski definition) is 6. The SMILES string of the molecule is O=C(O)C1=C(CO)OC2(O)c3ccccc3C(=O)C12O. The normalized spacial score (nSPS) is 31.1. The van der Waals surface area contributed by atoms with Gasteiger partial charge in [0.2, 0.25) is 11.4 Å². The van der Waals surface area contributed by atoms with E-state index in [9.17, 15) is 19.8 Å². The molecule has 1 aliphatic carbocycles. The lowest BCUT2D eigenvalue weighted by atomic mass is 9.86. The Morgan fingerprint density at radius 1 is 1.25 bits per heavy atom. The maximum atomic E-state index is 12.3. The van der Waals surface area contributed by atoms with Crippen molar-refractivity contribution in [3.05, 3.63) is 46.7 Å². The molecule has 2 unspecified atom stereocenters. The van der Waals surface area contributed by atoms with Crippen molar-refractivity contribution in [1.29, 1.82) is 0 Å². The quantitative estimate of drug-likeness (QED) is 0.553. The highest BCUT2D eigenvalue weighted by Crippen LogP contribution is 2.54. The molecule has 7 nitrogen and oxygen atoms in total. The van der Waals surface area contributed by atoms with Gasteiger partial charge in [-0.2, -0.15) is 0 Å². The van der Waals surface area contributed by atoms with Crippen LogP contribution in [-0.4, -0.2) is 44.4 Å². The molecule has 0 aromatic heterocycles. The minimum Gasteiger partial charge on any atom is -0.478 e. The summed E-state index contributed by atoms with van der Waals surface area (Å²) < 4.78 is 5.03. The summed E-state index contributed by atoms with van der Waals surface area (Å²) in [6, 6.07) is 5.73. The molecule has 0 saturated carbocycles. The maximum Gasteiger partial charge on any atom is 0.338 e. The molecule has 1 aromatic rings. The zero-order valence-corrected chi connectivity index (χ0v) is 10.0. The van der Waals surface area contributed by atoms with E-state index < -0.39 is 41.1 Å². The van der Waals surface area contributed by atoms with Crippen LogP contribution >= 0.6 is 0 Å². The van der Waals surface area contributed by atoms with Gasteiger partial charge in [-0.3, -0.25) is 4.79 Å². The zero-order valence-electron chi connectivity index (χ0n) is 10.0. The number of carbonyl (C=O) groups is 2. The Morgan fingerprint density at radius 2 is 1.90 bits per heavy atom. The molecule has 2 aliphatic rings. The van der Waals surface area contributed by atoms with Gasteiger partial charge >= 0.3 is 5.97 Å². The molecule has 0 bridgehead atoms. The predicted octanol–water partition coefficient (Wildman–Crippen LogP) is -0.880. The molecular weight excluding hydrogens is 268 g/mol. The Bertz CT molecular complexity index is 677. The number of carbonyl (C=O) groups excluding carboxylic acids is 1. The number of aliphatic carboxylic acids is 1. The van der Waals surface area contributed by atoms with Crippen molar-refractivity contribution in [2.75, 3.05) is 6.61 Å². The summed E-state index contributed by atoms with van der Waals surface area (Å²) in [6.45, 7) is -0.859. The first kappa shape index (κ1) is 12.8. The van der Waals surface area contributed by atoms with Gasteiger partial charge < -0.3 is 25.2 Å². The van der Waals surface area contributed by atoms with Crippen LogP contribution in [0.5, 0.6) is 0 Å². The van der Waals surface area contributed by atoms with Crippen molar-refractivity contribution < 1.29 is 34.8 Å². The fourth-order valence-corrected chi connectivity index (χ4v) is 2.75. The molecule has 0 radical (unpaired) electrons. The molecule has 3 rings (SSSR count). The average molecular weight is 278 g/mol. The number of hydrogen-bond donors (Lipinski definition) is 4. The number of aliphatic hydroxyl groups excluding tert-OH is 1. The minimum absolute atomic E-state index is 0.0201. The van der Waals surface area contributed by atoms with Crippen LogP contribution in [0.1, 0.15) is 15.9 Å². The van der Waals surface area contributed by atoms with Crippen molar-refractivity contribution in [3.8, 4) is 0 Å². The molecule has 2 atom stereocenters. The highest BCUT2D eigenvalue weighted by molar-refractivity contribution is 6.15. The second-order valence-electron chi connectivity index (χ2n) is 4.59. The first-order valence-electron chi connectivity index (χ1n) is 5.73. The van der Waals surface area contributed by atoms with Crippen LogP contribution in [0.3, 0.4) is 0 Å². The third-order valence-electron chi connectivity index (χ3n) is 3.62. The summed E-state index contributed by atoms with van der Waals surface area (Å²) in [5.41, 5.74) is -3.66. The molecule has 7 heteroatoms. The highest BCUT2D eigenvalue weighted by atomic mass is 16.7. The zero-order chi connectivity index (χ0) is 14.7. The average Bonchev–Trinajstić information content (AvgIpc) is 2.76. The number of benzene rings is 1. The van der Waals surface area contributed by atoms with Crippen LogP contribution in [-0.2, 0) is 15.3 Å². The van der Waals surface area contributed by atoms with Gasteiger partial charge in [0.15, 0.2) is 0 Å². The van der Waals surface area contributed by atoms with E-state index >= 15 is 0 Å². The van der Waals surface area contributed by atoms with Gasteiger partial charge in [-0.1, -0.05) is 24.3 Å². The fourth-order valence-electron chi connectivity index (χ4n) is 2.75. The molecular formula is C13H10O7. The lowest BCUT2D eigenvalue weighted by Crippen LogP contribution is -2.52. The van der Waals surface area contributed by atoms with E-state index in [4.69, 9.17) is 14.9 Å². The summed E-state index contributed by atoms with van der Waals surface area (Å²) in [4.78, 5) is 23.6. The van der Waals surface area contributed by atoms with Crippen molar-refractivity contribution >= 4 is 11.8 Å². The van der Waals surface area contributed by atoms with Crippen molar-refractivity contribution in [3.63, 3.8) is 0 Å². The molecule has 0 spiro atoms. The second kappa shape index (κ2) is 3.66. The second-order valence-corrected chi connectivity index (χ2v) is 4.59. The third-order valence-corrected chi connectivity index (χ3v) is 3.62. The monoisotopic (exact) mass is 278 g/mol. The van der Waals surface area contributed by atoms with Gasteiger partial charge in [0.25, 0.3) is 5.79 Å². The van der Waals surface area contributed by atoms with E-state index in [1.807, 2.05) is 0 Å². The van der Waals surface area contributed by atoms with Gasteiger partial charge in [0.05, 0.1) is 0 Å². The molecule has 104 valence electrons. The molecule has 0 saturated heterocycles. The molecule has 0 fully saturated rings. The van der Waals surface area contributed by atoms with Gasteiger partial charge in [-0.05, 0) is 0 Å². The Hall–Kier alpha value is -2.22. The maximum absolute atomic E-state index is 12.3. The van der Waals surface area contributed by atoms with Gasteiger partial charge in [0.1, 0.15) is 17.9 Å². The van der Waals surface area contributed by atoms with Crippen molar-refractivity contribution in [2.45, 2.75) is 11.4 Å². The number of ether oxygens (including phenoxy) is 1. The number of fused-ring (bicyclic) bond motifs is 3. The number of Topliss-reactive ketones (excluding diaryl/α,β-unsaturated/α-hetero) is 1. The largest absolute Gasteiger partial charge is 0.478 e. The van der Waals surface area contributed by atoms with Crippen molar-refractivity contribution in [2.24, 2.45) is 0 Å². The summed E-state index contributed by atoms with van der Waals surface area (Å²) in [6.07, 6.45) is 0. The van der Waals surface area contributed by atoms with Crippen LogP contribution in [0.25, 0.3) is 0 Å². The number of ketones is 1. The van der Waals surface area contributed by atoms with Crippen molar-refractivity contribution in [1.82, 2.24) is 0 Å².